The molecule has 0 saturated carbocycles. The third kappa shape index (κ3) is 4.56. The number of hydrogen-bond acceptors (Lipinski definition) is 4. The van der Waals surface area contributed by atoms with Gasteiger partial charge in [0.25, 0.3) is 0 Å². The first kappa shape index (κ1) is 20.2. The van der Waals surface area contributed by atoms with Crippen molar-refractivity contribution in [3.8, 4) is 5.75 Å². The summed E-state index contributed by atoms with van der Waals surface area (Å²) in [5, 5.41) is 4.08. The van der Waals surface area contributed by atoms with Crippen LogP contribution < -0.4 is 15.0 Å². The standard InChI is InChI=1S/C25H29N3O2/c1-17-9-11-28(12-10-17)24-13-18(2)22-16-20(7-8-23(22)27-24)26-25(29)15-19-5-4-6-21(14-19)30-3/h4-8,13-14,16-17H,9-12,15H2,1-3H3,(H,26,29). The van der Waals surface area contributed by atoms with Crippen molar-refractivity contribution >= 4 is 28.3 Å². The molecule has 1 saturated heterocycles. The molecule has 0 unspecified atom stereocenters. The van der Waals surface area contributed by atoms with Gasteiger partial charge in [-0.05, 0) is 73.2 Å². The summed E-state index contributed by atoms with van der Waals surface area (Å²) in [4.78, 5) is 19.8. The lowest BCUT2D eigenvalue weighted by atomic mass is 9.99. The molecule has 1 aliphatic rings. The second kappa shape index (κ2) is 8.74. The van der Waals surface area contributed by atoms with Crippen molar-refractivity contribution < 1.29 is 9.53 Å². The van der Waals surface area contributed by atoms with Crippen LogP contribution in [0.2, 0.25) is 0 Å². The Hall–Kier alpha value is -3.08. The molecular formula is C25H29N3O2. The highest BCUT2D eigenvalue weighted by molar-refractivity contribution is 5.95. The number of piperidine rings is 1. The number of fused-ring (bicyclic) bond motifs is 1. The highest BCUT2D eigenvalue weighted by Crippen LogP contribution is 2.28. The maximum atomic E-state index is 12.5. The summed E-state index contributed by atoms with van der Waals surface area (Å²) in [6.07, 6.45) is 2.74. The first-order chi connectivity index (χ1) is 14.5. The van der Waals surface area contributed by atoms with E-state index < -0.39 is 0 Å². The topological polar surface area (TPSA) is 54.5 Å². The molecule has 1 aliphatic heterocycles. The van der Waals surface area contributed by atoms with Crippen molar-refractivity contribution in [2.75, 3.05) is 30.4 Å². The number of rotatable bonds is 5. The Labute approximate surface area is 178 Å². The van der Waals surface area contributed by atoms with E-state index in [1.54, 1.807) is 7.11 Å². The average molecular weight is 404 g/mol. The van der Waals surface area contributed by atoms with Crippen LogP contribution in [0.4, 0.5) is 11.5 Å². The van der Waals surface area contributed by atoms with Crippen LogP contribution in [0.5, 0.6) is 5.75 Å². The SMILES string of the molecule is COc1cccc(CC(=O)Nc2ccc3nc(N4CCC(C)CC4)cc(C)c3c2)c1. The number of aryl methyl sites for hydroxylation is 1. The fourth-order valence-corrected chi connectivity index (χ4v) is 4.03. The van der Waals surface area contributed by atoms with Gasteiger partial charge >= 0.3 is 0 Å². The number of carbonyl (C=O) groups excluding carboxylic acids is 1. The van der Waals surface area contributed by atoms with Gasteiger partial charge < -0.3 is 15.0 Å². The van der Waals surface area contributed by atoms with Crippen LogP contribution >= 0.6 is 0 Å². The van der Waals surface area contributed by atoms with Gasteiger partial charge in [-0.2, -0.15) is 0 Å². The Morgan fingerprint density at radius 2 is 1.97 bits per heavy atom. The molecule has 0 atom stereocenters. The first-order valence-corrected chi connectivity index (χ1v) is 10.6. The van der Waals surface area contributed by atoms with E-state index in [2.05, 4.69) is 30.1 Å². The van der Waals surface area contributed by atoms with Gasteiger partial charge in [0.1, 0.15) is 11.6 Å². The molecule has 3 aromatic rings. The maximum absolute atomic E-state index is 12.5. The lowest BCUT2D eigenvalue weighted by molar-refractivity contribution is -0.115. The summed E-state index contributed by atoms with van der Waals surface area (Å²) in [6, 6.07) is 15.7. The van der Waals surface area contributed by atoms with Crippen molar-refractivity contribution in [3.63, 3.8) is 0 Å². The Kier molecular flexibility index (Phi) is 5.88. The van der Waals surface area contributed by atoms with Crippen molar-refractivity contribution in [3.05, 3.63) is 59.7 Å². The fourth-order valence-electron chi connectivity index (χ4n) is 4.03. The molecule has 156 valence electrons. The van der Waals surface area contributed by atoms with Gasteiger partial charge in [0.2, 0.25) is 5.91 Å². The van der Waals surface area contributed by atoms with Crippen LogP contribution in [0.3, 0.4) is 0 Å². The predicted octanol–water partition coefficient (Wildman–Crippen LogP) is 4.97. The van der Waals surface area contributed by atoms with Gasteiger partial charge in [-0.15, -0.1) is 0 Å². The number of nitrogens with zero attached hydrogens (tertiary/aromatic N) is 2. The van der Waals surface area contributed by atoms with Gasteiger partial charge in [0.15, 0.2) is 0 Å². The number of pyridine rings is 1. The van der Waals surface area contributed by atoms with Crippen LogP contribution in [0, 0.1) is 12.8 Å². The van der Waals surface area contributed by atoms with Crippen molar-refractivity contribution in [2.45, 2.75) is 33.1 Å². The molecule has 0 bridgehead atoms. The predicted molar refractivity (Wildman–Crippen MR) is 122 cm³/mol. The van der Waals surface area contributed by atoms with Crippen LogP contribution in [0.1, 0.15) is 30.9 Å². The normalized spacial score (nSPS) is 14.7. The minimum Gasteiger partial charge on any atom is -0.497 e. The summed E-state index contributed by atoms with van der Waals surface area (Å²) < 4.78 is 5.23. The van der Waals surface area contributed by atoms with E-state index in [0.717, 1.165) is 52.7 Å². The number of nitrogens with one attached hydrogen (secondary N) is 1. The number of aromatic nitrogens is 1. The summed E-state index contributed by atoms with van der Waals surface area (Å²) in [5.41, 5.74) is 3.86. The van der Waals surface area contributed by atoms with E-state index in [1.807, 2.05) is 42.5 Å². The second-order valence-corrected chi connectivity index (χ2v) is 8.28. The Balaban J connectivity index is 1.49. The zero-order chi connectivity index (χ0) is 21.1. The zero-order valence-corrected chi connectivity index (χ0v) is 17.9. The van der Waals surface area contributed by atoms with Gasteiger partial charge in [-0.3, -0.25) is 4.79 Å². The maximum Gasteiger partial charge on any atom is 0.228 e. The van der Waals surface area contributed by atoms with E-state index in [4.69, 9.17) is 9.72 Å². The van der Waals surface area contributed by atoms with Crippen LogP contribution in [0.25, 0.3) is 10.9 Å². The molecule has 4 rings (SSSR count). The quantitative estimate of drug-likeness (QED) is 0.654. The third-order valence-electron chi connectivity index (χ3n) is 5.89. The Morgan fingerprint density at radius 3 is 2.73 bits per heavy atom. The van der Waals surface area contributed by atoms with Gasteiger partial charge in [-0.1, -0.05) is 19.1 Å². The Bertz CT molecular complexity index is 1060. The molecule has 0 aliphatic carbocycles. The van der Waals surface area contributed by atoms with Crippen LogP contribution in [0.15, 0.2) is 48.5 Å². The molecule has 1 N–H and O–H groups in total. The van der Waals surface area contributed by atoms with E-state index in [-0.39, 0.29) is 5.91 Å². The Morgan fingerprint density at radius 1 is 1.17 bits per heavy atom. The van der Waals surface area contributed by atoms with Gasteiger partial charge in [0.05, 0.1) is 19.0 Å². The summed E-state index contributed by atoms with van der Waals surface area (Å²) in [7, 11) is 1.63. The van der Waals surface area contributed by atoms with Gasteiger partial charge in [0, 0.05) is 24.2 Å². The molecular weight excluding hydrogens is 374 g/mol. The van der Waals surface area contributed by atoms with Crippen molar-refractivity contribution in [2.24, 2.45) is 5.92 Å². The largest absolute Gasteiger partial charge is 0.497 e. The number of anilines is 2. The molecule has 1 fully saturated rings. The van der Waals surface area contributed by atoms with Crippen molar-refractivity contribution in [1.29, 1.82) is 0 Å². The first-order valence-electron chi connectivity index (χ1n) is 10.6. The zero-order valence-electron chi connectivity index (χ0n) is 17.9. The molecule has 5 heteroatoms. The molecule has 1 aromatic heterocycles. The smallest absolute Gasteiger partial charge is 0.228 e. The molecule has 2 aromatic carbocycles. The second-order valence-electron chi connectivity index (χ2n) is 8.28. The summed E-state index contributed by atoms with van der Waals surface area (Å²) >= 11 is 0. The van der Waals surface area contributed by atoms with Gasteiger partial charge in [-0.25, -0.2) is 4.98 Å². The summed E-state index contributed by atoms with van der Waals surface area (Å²) in [6.45, 7) is 6.57. The van der Waals surface area contributed by atoms with E-state index in [9.17, 15) is 4.79 Å². The van der Waals surface area contributed by atoms with E-state index in [1.165, 1.54) is 18.4 Å². The molecule has 30 heavy (non-hydrogen) atoms. The molecule has 1 amide bonds. The average Bonchev–Trinajstić information content (AvgIpc) is 2.74. The van der Waals surface area contributed by atoms with Crippen LogP contribution in [-0.4, -0.2) is 31.1 Å². The number of benzene rings is 2. The molecule has 0 radical (unpaired) electrons. The van der Waals surface area contributed by atoms with Crippen LogP contribution in [-0.2, 0) is 11.2 Å². The fraction of sp³-hybridized carbons (Fsp3) is 0.360. The van der Waals surface area contributed by atoms with E-state index >= 15 is 0 Å². The third-order valence-corrected chi connectivity index (χ3v) is 5.89. The number of ether oxygens (including phenoxy) is 1. The number of amides is 1. The molecule has 5 nitrogen and oxygen atoms in total. The lowest BCUT2D eigenvalue weighted by Crippen LogP contribution is -2.33. The molecule has 0 spiro atoms. The minimum atomic E-state index is -0.0488. The van der Waals surface area contributed by atoms with E-state index in [0.29, 0.717) is 6.42 Å². The monoisotopic (exact) mass is 403 g/mol. The molecule has 2 heterocycles. The highest BCUT2D eigenvalue weighted by Gasteiger charge is 2.18. The number of methoxy groups -OCH3 is 1. The summed E-state index contributed by atoms with van der Waals surface area (Å²) in [5.74, 6) is 2.56. The highest BCUT2D eigenvalue weighted by atomic mass is 16.5. The lowest BCUT2D eigenvalue weighted by Gasteiger charge is -2.31. The number of carbonyl (C=O) groups is 1. The number of hydrogen-bond donors (Lipinski definition) is 1. The van der Waals surface area contributed by atoms with Crippen molar-refractivity contribution in [1.82, 2.24) is 4.98 Å². The minimum absolute atomic E-state index is 0.0488.